The fourth-order valence-corrected chi connectivity index (χ4v) is 1.52. The van der Waals surface area contributed by atoms with Crippen LogP contribution in [0.1, 0.15) is 33.1 Å². The first-order valence-corrected chi connectivity index (χ1v) is 5.56. The molecule has 0 bridgehead atoms. The third-order valence-electron chi connectivity index (χ3n) is 2.34. The fourth-order valence-electron chi connectivity index (χ4n) is 1.52. The lowest BCUT2D eigenvalue weighted by atomic mass is 10.1. The zero-order valence-electron chi connectivity index (χ0n) is 9.44. The van der Waals surface area contributed by atoms with Gasteiger partial charge in [0.1, 0.15) is 0 Å². The number of aliphatic hydroxyl groups excluding tert-OH is 1. The van der Waals surface area contributed by atoms with Gasteiger partial charge in [-0.3, -0.25) is 0 Å². The highest BCUT2D eigenvalue weighted by Gasteiger charge is 2.24. The molecule has 0 aromatic carbocycles. The maximum atomic E-state index is 11.3. The van der Waals surface area contributed by atoms with Crippen LogP contribution in [0.4, 0.5) is 0 Å². The topological polar surface area (TPSA) is 55.8 Å². The van der Waals surface area contributed by atoms with Gasteiger partial charge in [0.05, 0.1) is 12.7 Å². The molecule has 4 heteroatoms. The average Bonchev–Trinajstić information content (AvgIpc) is 2.66. The summed E-state index contributed by atoms with van der Waals surface area (Å²) in [5, 5.41) is 9.54. The molecule has 1 aliphatic heterocycles. The van der Waals surface area contributed by atoms with Gasteiger partial charge < -0.3 is 14.6 Å². The number of rotatable bonds is 5. The maximum Gasteiger partial charge on any atom is 0.335 e. The van der Waals surface area contributed by atoms with Crippen molar-refractivity contribution in [3.63, 3.8) is 0 Å². The molecule has 15 heavy (non-hydrogen) atoms. The van der Waals surface area contributed by atoms with Gasteiger partial charge in [0, 0.05) is 13.0 Å². The SMILES string of the molecule is CC(C)COC(=O)C(O)CC1CCCO1. The Morgan fingerprint density at radius 1 is 1.60 bits per heavy atom. The van der Waals surface area contributed by atoms with Crippen LogP contribution in [0.25, 0.3) is 0 Å². The molecule has 0 amide bonds. The van der Waals surface area contributed by atoms with Crippen molar-refractivity contribution in [3.05, 3.63) is 0 Å². The van der Waals surface area contributed by atoms with Crippen LogP contribution in [0.3, 0.4) is 0 Å². The van der Waals surface area contributed by atoms with Gasteiger partial charge in [-0.2, -0.15) is 0 Å². The lowest BCUT2D eigenvalue weighted by Gasteiger charge is -2.15. The van der Waals surface area contributed by atoms with Gasteiger partial charge in [-0.1, -0.05) is 13.8 Å². The molecular formula is C11H20O4. The minimum atomic E-state index is -1.04. The number of hydrogen-bond acceptors (Lipinski definition) is 4. The van der Waals surface area contributed by atoms with Crippen molar-refractivity contribution < 1.29 is 19.4 Å². The van der Waals surface area contributed by atoms with E-state index in [9.17, 15) is 9.90 Å². The van der Waals surface area contributed by atoms with Crippen molar-refractivity contribution in [2.75, 3.05) is 13.2 Å². The standard InChI is InChI=1S/C11H20O4/c1-8(2)7-15-11(13)10(12)6-9-4-3-5-14-9/h8-10,12H,3-7H2,1-2H3. The van der Waals surface area contributed by atoms with Crippen molar-refractivity contribution >= 4 is 5.97 Å². The molecule has 1 saturated heterocycles. The van der Waals surface area contributed by atoms with Crippen molar-refractivity contribution in [3.8, 4) is 0 Å². The van der Waals surface area contributed by atoms with E-state index in [0.29, 0.717) is 18.9 Å². The number of carbonyl (C=O) groups is 1. The van der Waals surface area contributed by atoms with Crippen molar-refractivity contribution in [2.45, 2.75) is 45.3 Å². The van der Waals surface area contributed by atoms with Gasteiger partial charge in [0.25, 0.3) is 0 Å². The first-order chi connectivity index (χ1) is 7.09. The molecule has 1 fully saturated rings. The molecule has 0 radical (unpaired) electrons. The van der Waals surface area contributed by atoms with Crippen LogP contribution in [0.5, 0.6) is 0 Å². The van der Waals surface area contributed by atoms with Crippen LogP contribution >= 0.6 is 0 Å². The molecule has 88 valence electrons. The molecule has 0 aromatic rings. The second-order valence-corrected chi connectivity index (χ2v) is 4.41. The Morgan fingerprint density at radius 3 is 2.87 bits per heavy atom. The van der Waals surface area contributed by atoms with Crippen LogP contribution in [0, 0.1) is 5.92 Å². The van der Waals surface area contributed by atoms with Gasteiger partial charge in [-0.05, 0) is 18.8 Å². The molecule has 1 rings (SSSR count). The summed E-state index contributed by atoms with van der Waals surface area (Å²) in [5.41, 5.74) is 0. The van der Waals surface area contributed by atoms with E-state index < -0.39 is 12.1 Å². The number of carbonyl (C=O) groups excluding carboxylic acids is 1. The van der Waals surface area contributed by atoms with E-state index in [-0.39, 0.29) is 6.10 Å². The highest BCUT2D eigenvalue weighted by atomic mass is 16.5. The maximum absolute atomic E-state index is 11.3. The third-order valence-corrected chi connectivity index (χ3v) is 2.34. The normalized spacial score (nSPS) is 23.1. The van der Waals surface area contributed by atoms with E-state index in [1.807, 2.05) is 13.8 Å². The Kier molecular flexibility index (Phi) is 5.05. The Balaban J connectivity index is 2.19. The summed E-state index contributed by atoms with van der Waals surface area (Å²) in [5.74, 6) is -0.233. The smallest absolute Gasteiger partial charge is 0.335 e. The van der Waals surface area contributed by atoms with E-state index in [1.165, 1.54) is 0 Å². The van der Waals surface area contributed by atoms with Crippen molar-refractivity contribution in [1.82, 2.24) is 0 Å². The molecular weight excluding hydrogens is 196 g/mol. The van der Waals surface area contributed by atoms with E-state index >= 15 is 0 Å². The first kappa shape index (κ1) is 12.5. The summed E-state index contributed by atoms with van der Waals surface area (Å²) in [6.45, 7) is 5.01. The summed E-state index contributed by atoms with van der Waals surface area (Å²) < 4.78 is 10.3. The second kappa shape index (κ2) is 6.08. The highest BCUT2D eigenvalue weighted by molar-refractivity contribution is 5.74. The summed E-state index contributed by atoms with van der Waals surface area (Å²) in [7, 11) is 0. The van der Waals surface area contributed by atoms with Gasteiger partial charge in [-0.15, -0.1) is 0 Å². The molecule has 2 unspecified atom stereocenters. The summed E-state index contributed by atoms with van der Waals surface area (Å²) >= 11 is 0. The number of esters is 1. The van der Waals surface area contributed by atoms with Gasteiger partial charge in [0.15, 0.2) is 6.10 Å². The average molecular weight is 216 g/mol. The van der Waals surface area contributed by atoms with Gasteiger partial charge in [0.2, 0.25) is 0 Å². The largest absolute Gasteiger partial charge is 0.464 e. The Morgan fingerprint density at radius 2 is 2.33 bits per heavy atom. The fraction of sp³-hybridized carbons (Fsp3) is 0.909. The molecule has 2 atom stereocenters. The quantitative estimate of drug-likeness (QED) is 0.700. The van der Waals surface area contributed by atoms with Crippen molar-refractivity contribution in [2.24, 2.45) is 5.92 Å². The van der Waals surface area contributed by atoms with Gasteiger partial charge >= 0.3 is 5.97 Å². The molecule has 0 spiro atoms. The zero-order valence-corrected chi connectivity index (χ0v) is 9.44. The Labute approximate surface area is 90.6 Å². The van der Waals surface area contributed by atoms with E-state index in [0.717, 1.165) is 19.4 Å². The molecule has 1 heterocycles. The Bertz CT molecular complexity index is 197. The molecule has 1 N–H and O–H groups in total. The lowest BCUT2D eigenvalue weighted by Crippen LogP contribution is -2.28. The molecule has 0 aromatic heterocycles. The van der Waals surface area contributed by atoms with Crippen LogP contribution in [0.2, 0.25) is 0 Å². The van der Waals surface area contributed by atoms with Crippen LogP contribution in [-0.2, 0) is 14.3 Å². The third kappa shape index (κ3) is 4.62. The predicted molar refractivity (Wildman–Crippen MR) is 55.4 cm³/mol. The first-order valence-electron chi connectivity index (χ1n) is 5.56. The molecule has 0 aliphatic carbocycles. The lowest BCUT2D eigenvalue weighted by molar-refractivity contribution is -0.156. The Hall–Kier alpha value is -0.610. The van der Waals surface area contributed by atoms with Crippen LogP contribution < -0.4 is 0 Å². The highest BCUT2D eigenvalue weighted by Crippen LogP contribution is 2.17. The second-order valence-electron chi connectivity index (χ2n) is 4.41. The monoisotopic (exact) mass is 216 g/mol. The summed E-state index contributed by atoms with van der Waals surface area (Å²) in [4.78, 5) is 11.3. The van der Waals surface area contributed by atoms with E-state index in [1.54, 1.807) is 0 Å². The van der Waals surface area contributed by atoms with Crippen molar-refractivity contribution in [1.29, 1.82) is 0 Å². The molecule has 4 nitrogen and oxygen atoms in total. The molecule has 1 aliphatic rings. The number of aliphatic hydroxyl groups is 1. The zero-order chi connectivity index (χ0) is 11.3. The number of ether oxygens (including phenoxy) is 2. The van der Waals surface area contributed by atoms with Crippen LogP contribution in [0.15, 0.2) is 0 Å². The number of hydrogen-bond donors (Lipinski definition) is 1. The minimum Gasteiger partial charge on any atom is -0.464 e. The van der Waals surface area contributed by atoms with E-state index in [2.05, 4.69) is 0 Å². The summed E-state index contributed by atoms with van der Waals surface area (Å²) in [6, 6.07) is 0. The van der Waals surface area contributed by atoms with E-state index in [4.69, 9.17) is 9.47 Å². The van der Waals surface area contributed by atoms with Crippen LogP contribution in [-0.4, -0.2) is 36.5 Å². The minimum absolute atomic E-state index is 0.0200. The van der Waals surface area contributed by atoms with Gasteiger partial charge in [-0.25, -0.2) is 4.79 Å². The summed E-state index contributed by atoms with van der Waals surface area (Å²) in [6.07, 6.45) is 1.28. The molecule has 0 saturated carbocycles. The predicted octanol–water partition coefficient (Wildman–Crippen LogP) is 1.12.